The molecule has 0 radical (unpaired) electrons. The molecule has 5 nitrogen and oxygen atoms in total. The SMILES string of the molecule is CCC(=O)N1CCN(Cc2cc3cccc(C)c3[nH]c2=O)CC1. The van der Waals surface area contributed by atoms with Crippen LogP contribution in [-0.2, 0) is 11.3 Å². The summed E-state index contributed by atoms with van der Waals surface area (Å²) in [6, 6.07) is 8.03. The lowest BCUT2D eigenvalue weighted by molar-refractivity contribution is -0.132. The predicted octanol–water partition coefficient (Wildman–Crippen LogP) is 1.89. The van der Waals surface area contributed by atoms with Crippen LogP contribution in [0.2, 0.25) is 0 Å². The summed E-state index contributed by atoms with van der Waals surface area (Å²) in [7, 11) is 0. The molecule has 1 aromatic carbocycles. The number of nitrogens with one attached hydrogen (secondary N) is 1. The zero-order valence-corrected chi connectivity index (χ0v) is 13.8. The average Bonchev–Trinajstić information content (AvgIpc) is 2.56. The number of para-hydroxylation sites is 1. The molecule has 1 amide bonds. The van der Waals surface area contributed by atoms with E-state index in [1.165, 1.54) is 0 Å². The van der Waals surface area contributed by atoms with Crippen molar-refractivity contribution < 1.29 is 4.79 Å². The first kappa shape index (κ1) is 15.7. The molecular weight excluding hydrogens is 290 g/mol. The van der Waals surface area contributed by atoms with Crippen molar-refractivity contribution in [3.63, 3.8) is 0 Å². The van der Waals surface area contributed by atoms with Crippen LogP contribution in [0, 0.1) is 6.92 Å². The molecule has 1 saturated heterocycles. The number of hydrogen-bond donors (Lipinski definition) is 1. The molecule has 0 saturated carbocycles. The van der Waals surface area contributed by atoms with Crippen molar-refractivity contribution >= 4 is 16.8 Å². The first-order valence-corrected chi connectivity index (χ1v) is 8.20. The van der Waals surface area contributed by atoms with Gasteiger partial charge < -0.3 is 9.88 Å². The number of piperazine rings is 1. The molecule has 5 heteroatoms. The molecule has 23 heavy (non-hydrogen) atoms. The van der Waals surface area contributed by atoms with Gasteiger partial charge in [-0.3, -0.25) is 14.5 Å². The van der Waals surface area contributed by atoms with E-state index in [0.717, 1.165) is 48.2 Å². The fourth-order valence-electron chi connectivity index (χ4n) is 3.17. The summed E-state index contributed by atoms with van der Waals surface area (Å²) in [5.41, 5.74) is 2.77. The summed E-state index contributed by atoms with van der Waals surface area (Å²) in [4.78, 5) is 31.2. The lowest BCUT2D eigenvalue weighted by Crippen LogP contribution is -2.48. The number of nitrogens with zero attached hydrogens (tertiary/aromatic N) is 2. The van der Waals surface area contributed by atoms with Gasteiger partial charge in [0.25, 0.3) is 5.56 Å². The van der Waals surface area contributed by atoms with Gasteiger partial charge in [0.1, 0.15) is 0 Å². The van der Waals surface area contributed by atoms with E-state index in [0.29, 0.717) is 13.0 Å². The predicted molar refractivity (Wildman–Crippen MR) is 91.5 cm³/mol. The zero-order chi connectivity index (χ0) is 16.4. The van der Waals surface area contributed by atoms with E-state index >= 15 is 0 Å². The Morgan fingerprint density at radius 2 is 1.96 bits per heavy atom. The van der Waals surface area contributed by atoms with Crippen molar-refractivity contribution in [1.29, 1.82) is 0 Å². The normalized spacial score (nSPS) is 16.0. The molecule has 0 spiro atoms. The smallest absolute Gasteiger partial charge is 0.252 e. The van der Waals surface area contributed by atoms with Crippen LogP contribution in [0.1, 0.15) is 24.5 Å². The molecule has 2 aromatic rings. The molecule has 122 valence electrons. The highest BCUT2D eigenvalue weighted by Crippen LogP contribution is 2.16. The zero-order valence-electron chi connectivity index (χ0n) is 13.8. The van der Waals surface area contributed by atoms with Crippen LogP contribution >= 0.6 is 0 Å². The molecule has 1 aliphatic heterocycles. The number of carbonyl (C=O) groups is 1. The van der Waals surface area contributed by atoms with Crippen LogP contribution in [0.4, 0.5) is 0 Å². The molecule has 1 aliphatic rings. The molecule has 0 unspecified atom stereocenters. The number of aryl methyl sites for hydroxylation is 1. The summed E-state index contributed by atoms with van der Waals surface area (Å²) < 4.78 is 0. The second-order valence-electron chi connectivity index (χ2n) is 6.17. The van der Waals surface area contributed by atoms with Gasteiger partial charge in [-0.25, -0.2) is 0 Å². The summed E-state index contributed by atoms with van der Waals surface area (Å²) in [6.07, 6.45) is 0.559. The Morgan fingerprint density at radius 1 is 1.22 bits per heavy atom. The standard InChI is InChI=1S/C18H23N3O2/c1-3-16(22)21-9-7-20(8-10-21)12-15-11-14-6-4-5-13(2)17(14)19-18(15)23/h4-6,11H,3,7-10,12H2,1-2H3,(H,19,23). The molecular formula is C18H23N3O2. The fraction of sp³-hybridized carbons (Fsp3) is 0.444. The van der Waals surface area contributed by atoms with E-state index in [-0.39, 0.29) is 11.5 Å². The lowest BCUT2D eigenvalue weighted by atomic mass is 10.1. The third kappa shape index (κ3) is 3.29. The van der Waals surface area contributed by atoms with Gasteiger partial charge in [0, 0.05) is 44.7 Å². The van der Waals surface area contributed by atoms with Crippen molar-refractivity contribution in [3.8, 4) is 0 Å². The minimum absolute atomic E-state index is 0.0149. The van der Waals surface area contributed by atoms with Crippen molar-refractivity contribution in [2.45, 2.75) is 26.8 Å². The average molecular weight is 313 g/mol. The van der Waals surface area contributed by atoms with Crippen molar-refractivity contribution in [2.75, 3.05) is 26.2 Å². The molecule has 1 fully saturated rings. The van der Waals surface area contributed by atoms with E-state index in [4.69, 9.17) is 0 Å². The number of benzene rings is 1. The largest absolute Gasteiger partial charge is 0.340 e. The highest BCUT2D eigenvalue weighted by molar-refractivity contribution is 5.81. The molecule has 1 aromatic heterocycles. The number of amides is 1. The molecule has 1 N–H and O–H groups in total. The minimum Gasteiger partial charge on any atom is -0.340 e. The fourth-order valence-corrected chi connectivity index (χ4v) is 3.17. The highest BCUT2D eigenvalue weighted by Gasteiger charge is 2.20. The molecule has 0 atom stereocenters. The van der Waals surface area contributed by atoms with E-state index < -0.39 is 0 Å². The van der Waals surface area contributed by atoms with Crippen molar-refractivity contribution in [3.05, 3.63) is 45.7 Å². The first-order chi connectivity index (χ1) is 11.1. The summed E-state index contributed by atoms with van der Waals surface area (Å²) in [5, 5.41) is 1.07. The van der Waals surface area contributed by atoms with E-state index in [1.807, 2.05) is 43.0 Å². The maximum atomic E-state index is 12.3. The van der Waals surface area contributed by atoms with Crippen LogP contribution in [0.25, 0.3) is 10.9 Å². The van der Waals surface area contributed by atoms with Gasteiger partial charge in [-0.15, -0.1) is 0 Å². The monoisotopic (exact) mass is 313 g/mol. The third-order valence-corrected chi connectivity index (χ3v) is 4.59. The van der Waals surface area contributed by atoms with E-state index in [2.05, 4.69) is 9.88 Å². The maximum absolute atomic E-state index is 12.3. The number of rotatable bonds is 3. The Morgan fingerprint density at radius 3 is 2.65 bits per heavy atom. The quantitative estimate of drug-likeness (QED) is 0.941. The Hall–Kier alpha value is -2.14. The third-order valence-electron chi connectivity index (χ3n) is 4.59. The lowest BCUT2D eigenvalue weighted by Gasteiger charge is -2.34. The van der Waals surface area contributed by atoms with Gasteiger partial charge in [0.2, 0.25) is 5.91 Å². The van der Waals surface area contributed by atoms with Gasteiger partial charge in [-0.1, -0.05) is 25.1 Å². The van der Waals surface area contributed by atoms with Gasteiger partial charge in [-0.2, -0.15) is 0 Å². The number of carbonyl (C=O) groups excluding carboxylic acids is 1. The number of fused-ring (bicyclic) bond motifs is 1. The molecule has 0 bridgehead atoms. The highest BCUT2D eigenvalue weighted by atomic mass is 16.2. The van der Waals surface area contributed by atoms with Crippen LogP contribution in [0.5, 0.6) is 0 Å². The summed E-state index contributed by atoms with van der Waals surface area (Å²) >= 11 is 0. The number of pyridine rings is 1. The summed E-state index contributed by atoms with van der Waals surface area (Å²) in [6.45, 7) is 7.66. The Balaban J connectivity index is 1.74. The van der Waals surface area contributed by atoms with Crippen LogP contribution in [0.3, 0.4) is 0 Å². The molecule has 2 heterocycles. The van der Waals surface area contributed by atoms with Gasteiger partial charge in [0.15, 0.2) is 0 Å². The van der Waals surface area contributed by atoms with E-state index in [9.17, 15) is 9.59 Å². The first-order valence-electron chi connectivity index (χ1n) is 8.20. The Bertz CT molecular complexity index is 773. The Labute approximate surface area is 135 Å². The number of H-pyrrole nitrogens is 1. The van der Waals surface area contributed by atoms with E-state index in [1.54, 1.807) is 0 Å². The maximum Gasteiger partial charge on any atom is 0.252 e. The minimum atomic E-state index is -0.0149. The van der Waals surface area contributed by atoms with Gasteiger partial charge >= 0.3 is 0 Å². The molecule has 0 aliphatic carbocycles. The van der Waals surface area contributed by atoms with Crippen molar-refractivity contribution in [2.24, 2.45) is 0 Å². The number of aromatic amines is 1. The number of aromatic nitrogens is 1. The van der Waals surface area contributed by atoms with Crippen molar-refractivity contribution in [1.82, 2.24) is 14.8 Å². The summed E-state index contributed by atoms with van der Waals surface area (Å²) in [5.74, 6) is 0.212. The van der Waals surface area contributed by atoms with Crippen LogP contribution in [-0.4, -0.2) is 46.9 Å². The van der Waals surface area contributed by atoms with Crippen LogP contribution in [0.15, 0.2) is 29.1 Å². The van der Waals surface area contributed by atoms with Gasteiger partial charge in [-0.05, 0) is 23.9 Å². The molecule has 3 rings (SSSR count). The number of hydrogen-bond acceptors (Lipinski definition) is 3. The van der Waals surface area contributed by atoms with Gasteiger partial charge in [0.05, 0.1) is 5.52 Å². The second kappa shape index (κ2) is 6.54. The van der Waals surface area contributed by atoms with Crippen LogP contribution < -0.4 is 5.56 Å². The Kier molecular flexibility index (Phi) is 4.48. The topological polar surface area (TPSA) is 56.4 Å². The second-order valence-corrected chi connectivity index (χ2v) is 6.17.